The third kappa shape index (κ3) is 7.58. The fraction of sp³-hybridized carbons (Fsp3) is 0.333. The average molecular weight is 480 g/mol. The number of amides is 1. The number of aryl methyl sites for hydroxylation is 2. The van der Waals surface area contributed by atoms with E-state index in [4.69, 9.17) is 5.73 Å². The number of nitrogens with zero attached hydrogens (tertiary/aromatic N) is 1. The molecule has 146 valence electrons. The minimum Gasteiger partial charge on any atom is -0.370 e. The Bertz CT molecular complexity index is 825. The lowest BCUT2D eigenvalue weighted by Crippen LogP contribution is -2.40. The van der Waals surface area contributed by atoms with Crippen LogP contribution >= 0.6 is 24.0 Å². The second-order valence-corrected chi connectivity index (χ2v) is 7.53. The summed E-state index contributed by atoms with van der Waals surface area (Å²) in [5.74, 6) is 0.252. The molecule has 0 fully saturated rings. The van der Waals surface area contributed by atoms with E-state index in [1.807, 2.05) is 57.2 Å². The molecule has 27 heavy (non-hydrogen) atoms. The number of aliphatic imine (C=N–C) groups is 1. The molecule has 0 radical (unpaired) electrons. The molecule has 2 aromatic carbocycles. The summed E-state index contributed by atoms with van der Waals surface area (Å²) in [6.07, 6.45) is 0. The molecule has 0 aromatic heterocycles. The van der Waals surface area contributed by atoms with Gasteiger partial charge in [0.15, 0.2) is 5.96 Å². The number of benzene rings is 2. The Hall–Kier alpha value is -2.09. The van der Waals surface area contributed by atoms with Crippen molar-refractivity contribution < 1.29 is 4.79 Å². The van der Waals surface area contributed by atoms with Gasteiger partial charge in [0.25, 0.3) is 5.91 Å². The molecule has 6 heteroatoms. The van der Waals surface area contributed by atoms with Crippen LogP contribution in [0.1, 0.15) is 47.8 Å². The summed E-state index contributed by atoms with van der Waals surface area (Å²) in [5, 5.41) is 6.06. The standard InChI is InChI=1S/C21H28N4O.HI/c1-14-9-10-18(11-15(14)2)24-20(22)23-13-16-7-6-8-17(12-16)19(26)25-21(3,4)5;/h6-12H,13H2,1-5H3,(H,25,26)(H3,22,23,24);1H. The first kappa shape index (κ1) is 23.0. The van der Waals surface area contributed by atoms with Gasteiger partial charge in [-0.15, -0.1) is 24.0 Å². The van der Waals surface area contributed by atoms with Gasteiger partial charge in [-0.3, -0.25) is 4.79 Å². The smallest absolute Gasteiger partial charge is 0.251 e. The molecule has 0 aliphatic rings. The number of nitrogens with one attached hydrogen (secondary N) is 2. The predicted molar refractivity (Wildman–Crippen MR) is 124 cm³/mol. The van der Waals surface area contributed by atoms with Crippen molar-refractivity contribution in [3.05, 3.63) is 64.7 Å². The van der Waals surface area contributed by atoms with Crippen LogP contribution < -0.4 is 16.4 Å². The summed E-state index contributed by atoms with van der Waals surface area (Å²) in [4.78, 5) is 16.6. The number of carbonyl (C=O) groups excluding carboxylic acids is 1. The third-order valence-corrected chi connectivity index (χ3v) is 3.89. The summed E-state index contributed by atoms with van der Waals surface area (Å²) in [5.41, 5.74) is 10.6. The Labute approximate surface area is 178 Å². The van der Waals surface area contributed by atoms with Crippen LogP contribution in [-0.4, -0.2) is 17.4 Å². The molecular formula is C21H29IN4O. The second kappa shape index (κ2) is 9.73. The number of anilines is 1. The molecular weight excluding hydrogens is 451 g/mol. The van der Waals surface area contributed by atoms with Gasteiger partial charge in [-0.1, -0.05) is 18.2 Å². The van der Waals surface area contributed by atoms with Gasteiger partial charge in [-0.2, -0.15) is 0 Å². The van der Waals surface area contributed by atoms with Crippen molar-refractivity contribution in [3.8, 4) is 0 Å². The maximum atomic E-state index is 12.3. The molecule has 0 saturated heterocycles. The predicted octanol–water partition coefficient (Wildman–Crippen LogP) is 4.38. The van der Waals surface area contributed by atoms with Gasteiger partial charge in [0, 0.05) is 16.8 Å². The SMILES string of the molecule is Cc1ccc(NC(N)=NCc2cccc(C(=O)NC(C)(C)C)c2)cc1C.I. The number of hydrogen-bond donors (Lipinski definition) is 3. The number of nitrogens with two attached hydrogens (primary N) is 1. The fourth-order valence-electron chi connectivity index (χ4n) is 2.41. The van der Waals surface area contributed by atoms with Crippen LogP contribution in [0.5, 0.6) is 0 Å². The number of carbonyl (C=O) groups is 1. The Morgan fingerprint density at radius 3 is 2.41 bits per heavy atom. The summed E-state index contributed by atoms with van der Waals surface area (Å²) in [6.45, 7) is 10.4. The molecule has 0 atom stereocenters. The molecule has 0 bridgehead atoms. The zero-order valence-corrected chi connectivity index (χ0v) is 18.9. The van der Waals surface area contributed by atoms with Gasteiger partial charge in [0.05, 0.1) is 6.54 Å². The van der Waals surface area contributed by atoms with Gasteiger partial charge in [0.1, 0.15) is 0 Å². The van der Waals surface area contributed by atoms with E-state index in [9.17, 15) is 4.79 Å². The van der Waals surface area contributed by atoms with E-state index >= 15 is 0 Å². The van der Waals surface area contributed by atoms with Gasteiger partial charge in [-0.25, -0.2) is 4.99 Å². The number of halogens is 1. The summed E-state index contributed by atoms with van der Waals surface area (Å²) in [6, 6.07) is 13.5. The zero-order valence-electron chi connectivity index (χ0n) is 16.6. The molecule has 0 spiro atoms. The maximum Gasteiger partial charge on any atom is 0.251 e. The van der Waals surface area contributed by atoms with E-state index in [2.05, 4.69) is 29.5 Å². The highest BCUT2D eigenvalue weighted by Gasteiger charge is 2.15. The highest BCUT2D eigenvalue weighted by atomic mass is 127. The van der Waals surface area contributed by atoms with Crippen LogP contribution in [0.15, 0.2) is 47.5 Å². The van der Waals surface area contributed by atoms with Crippen molar-refractivity contribution in [2.45, 2.75) is 46.7 Å². The maximum absolute atomic E-state index is 12.3. The number of hydrogen-bond acceptors (Lipinski definition) is 2. The first-order valence-corrected chi connectivity index (χ1v) is 8.70. The monoisotopic (exact) mass is 480 g/mol. The molecule has 4 N–H and O–H groups in total. The lowest BCUT2D eigenvalue weighted by Gasteiger charge is -2.20. The highest BCUT2D eigenvalue weighted by Crippen LogP contribution is 2.14. The van der Waals surface area contributed by atoms with E-state index in [0.717, 1.165) is 11.3 Å². The minimum absolute atomic E-state index is 0. The van der Waals surface area contributed by atoms with Crippen LogP contribution in [0, 0.1) is 13.8 Å². The molecule has 5 nitrogen and oxygen atoms in total. The van der Waals surface area contributed by atoms with E-state index < -0.39 is 0 Å². The van der Waals surface area contributed by atoms with E-state index in [0.29, 0.717) is 18.1 Å². The van der Waals surface area contributed by atoms with Gasteiger partial charge in [0.2, 0.25) is 0 Å². The quantitative estimate of drug-likeness (QED) is 0.345. The molecule has 0 saturated carbocycles. The summed E-state index contributed by atoms with van der Waals surface area (Å²) in [7, 11) is 0. The van der Waals surface area contributed by atoms with Crippen LogP contribution in [0.3, 0.4) is 0 Å². The molecule has 0 aliphatic carbocycles. The van der Waals surface area contributed by atoms with E-state index in [1.54, 1.807) is 6.07 Å². The first-order chi connectivity index (χ1) is 12.1. The van der Waals surface area contributed by atoms with Crippen molar-refractivity contribution in [3.63, 3.8) is 0 Å². The Balaban J connectivity index is 0.00000364. The topological polar surface area (TPSA) is 79.5 Å². The van der Waals surface area contributed by atoms with Crippen molar-refractivity contribution in [2.75, 3.05) is 5.32 Å². The van der Waals surface area contributed by atoms with Crippen LogP contribution in [0.4, 0.5) is 5.69 Å². The Kier molecular flexibility index (Phi) is 8.27. The average Bonchev–Trinajstić information content (AvgIpc) is 2.55. The first-order valence-electron chi connectivity index (χ1n) is 8.70. The summed E-state index contributed by atoms with van der Waals surface area (Å²) < 4.78 is 0. The van der Waals surface area contributed by atoms with Gasteiger partial charge >= 0.3 is 0 Å². The van der Waals surface area contributed by atoms with Crippen molar-refractivity contribution in [1.82, 2.24) is 5.32 Å². The van der Waals surface area contributed by atoms with E-state index in [-0.39, 0.29) is 35.4 Å². The lowest BCUT2D eigenvalue weighted by molar-refractivity contribution is 0.0919. The van der Waals surface area contributed by atoms with Crippen molar-refractivity contribution in [1.29, 1.82) is 0 Å². The molecule has 0 aliphatic heterocycles. The minimum atomic E-state index is -0.272. The van der Waals surface area contributed by atoms with Crippen LogP contribution in [-0.2, 0) is 6.54 Å². The second-order valence-electron chi connectivity index (χ2n) is 7.53. The van der Waals surface area contributed by atoms with Crippen LogP contribution in [0.2, 0.25) is 0 Å². The molecule has 2 aromatic rings. The molecule has 0 unspecified atom stereocenters. The van der Waals surface area contributed by atoms with Crippen molar-refractivity contribution >= 4 is 41.5 Å². The molecule has 1 amide bonds. The third-order valence-electron chi connectivity index (χ3n) is 3.89. The van der Waals surface area contributed by atoms with Crippen LogP contribution in [0.25, 0.3) is 0 Å². The normalized spacial score (nSPS) is 11.5. The summed E-state index contributed by atoms with van der Waals surface area (Å²) >= 11 is 0. The van der Waals surface area contributed by atoms with E-state index in [1.165, 1.54) is 11.1 Å². The van der Waals surface area contributed by atoms with Gasteiger partial charge in [-0.05, 0) is 75.6 Å². The molecule has 0 heterocycles. The van der Waals surface area contributed by atoms with Gasteiger partial charge < -0.3 is 16.4 Å². The Morgan fingerprint density at radius 2 is 1.78 bits per heavy atom. The zero-order chi connectivity index (χ0) is 19.3. The number of guanidine groups is 1. The highest BCUT2D eigenvalue weighted by molar-refractivity contribution is 14.0. The lowest BCUT2D eigenvalue weighted by atomic mass is 10.1. The largest absolute Gasteiger partial charge is 0.370 e. The number of rotatable bonds is 4. The van der Waals surface area contributed by atoms with Crippen molar-refractivity contribution in [2.24, 2.45) is 10.7 Å². The Morgan fingerprint density at radius 1 is 1.07 bits per heavy atom. The molecule has 2 rings (SSSR count). The fourth-order valence-corrected chi connectivity index (χ4v) is 2.41.